The lowest BCUT2D eigenvalue weighted by Crippen LogP contribution is -1.82. The zero-order valence-electron chi connectivity index (χ0n) is 8.49. The van der Waals surface area contributed by atoms with Crippen molar-refractivity contribution in [3.05, 3.63) is 42.5 Å². The Kier molecular flexibility index (Phi) is 2.12. The Balaban J connectivity index is 2.89. The van der Waals surface area contributed by atoms with Crippen LogP contribution in [0.4, 0.5) is 0 Å². The summed E-state index contributed by atoms with van der Waals surface area (Å²) in [5.41, 5.74) is 1.92. The summed E-state index contributed by atoms with van der Waals surface area (Å²) in [6, 6.07) is 8.84. The third-order valence-corrected chi connectivity index (χ3v) is 2.47. The molecule has 0 unspecified atom stereocenters. The first kappa shape index (κ1) is 9.59. The molecule has 2 N–H and O–H groups in total. The van der Waals surface area contributed by atoms with E-state index in [4.69, 9.17) is 0 Å². The lowest BCUT2D eigenvalue weighted by Gasteiger charge is -2.08. The number of rotatable bonds is 1. The fourth-order valence-electron chi connectivity index (χ4n) is 1.70. The van der Waals surface area contributed by atoms with E-state index in [1.807, 2.05) is 19.1 Å². The van der Waals surface area contributed by atoms with Crippen molar-refractivity contribution in [2.75, 3.05) is 0 Å². The van der Waals surface area contributed by atoms with Crippen LogP contribution in [0.1, 0.15) is 12.5 Å². The first-order valence-corrected chi connectivity index (χ1v) is 4.71. The minimum absolute atomic E-state index is 0.0735. The lowest BCUT2D eigenvalue weighted by molar-refractivity contribution is 0.408. The van der Waals surface area contributed by atoms with Crippen molar-refractivity contribution in [1.29, 1.82) is 0 Å². The van der Waals surface area contributed by atoms with Crippen LogP contribution in [0.3, 0.4) is 0 Å². The summed E-state index contributed by atoms with van der Waals surface area (Å²) in [6.45, 7) is 5.80. The summed E-state index contributed by atoms with van der Waals surface area (Å²) in [4.78, 5) is 0. The van der Waals surface area contributed by atoms with Crippen LogP contribution < -0.4 is 0 Å². The van der Waals surface area contributed by atoms with Gasteiger partial charge in [0.1, 0.15) is 0 Å². The van der Waals surface area contributed by atoms with Gasteiger partial charge in [0.2, 0.25) is 0 Å². The Morgan fingerprint density at radius 1 is 1.07 bits per heavy atom. The maximum Gasteiger partial charge on any atom is 0.165 e. The van der Waals surface area contributed by atoms with Gasteiger partial charge in [-0.1, -0.05) is 30.4 Å². The summed E-state index contributed by atoms with van der Waals surface area (Å²) < 4.78 is 0. The molecule has 0 heterocycles. The Hall–Kier alpha value is -1.96. The number of phenols is 2. The van der Waals surface area contributed by atoms with E-state index in [0.29, 0.717) is 5.39 Å². The second-order valence-electron chi connectivity index (χ2n) is 3.61. The zero-order chi connectivity index (χ0) is 11.0. The van der Waals surface area contributed by atoms with Crippen molar-refractivity contribution in [3.8, 4) is 11.5 Å². The number of phenolic OH excluding ortho intramolecular Hbond substituents is 2. The van der Waals surface area contributed by atoms with Gasteiger partial charge in [0, 0.05) is 5.39 Å². The highest BCUT2D eigenvalue weighted by molar-refractivity contribution is 5.97. The normalized spacial score (nSPS) is 10.5. The highest BCUT2D eigenvalue weighted by atomic mass is 16.3. The molecule has 0 aromatic heterocycles. The molecule has 2 rings (SSSR count). The van der Waals surface area contributed by atoms with Crippen LogP contribution >= 0.6 is 0 Å². The topological polar surface area (TPSA) is 40.5 Å². The molecule has 0 radical (unpaired) electrons. The molecule has 0 aliphatic carbocycles. The van der Waals surface area contributed by atoms with Crippen LogP contribution in [0.5, 0.6) is 11.5 Å². The van der Waals surface area contributed by atoms with E-state index in [0.717, 1.165) is 16.5 Å². The third kappa shape index (κ3) is 1.44. The van der Waals surface area contributed by atoms with Crippen LogP contribution in [0.2, 0.25) is 0 Å². The molecule has 2 heteroatoms. The predicted octanol–water partition coefficient (Wildman–Crippen LogP) is 3.28. The van der Waals surface area contributed by atoms with Gasteiger partial charge in [-0.05, 0) is 30.0 Å². The third-order valence-electron chi connectivity index (χ3n) is 2.47. The Bertz CT molecular complexity index is 541. The molecule has 0 saturated carbocycles. The van der Waals surface area contributed by atoms with E-state index in [9.17, 15) is 10.2 Å². The SMILES string of the molecule is C=C(C)c1cccc2c(O)c(O)ccc12. The number of fused-ring (bicyclic) bond motifs is 1. The highest BCUT2D eigenvalue weighted by Gasteiger charge is 2.07. The highest BCUT2D eigenvalue weighted by Crippen LogP contribution is 2.36. The van der Waals surface area contributed by atoms with E-state index >= 15 is 0 Å². The molecule has 2 aromatic carbocycles. The van der Waals surface area contributed by atoms with Crippen LogP contribution in [-0.4, -0.2) is 10.2 Å². The van der Waals surface area contributed by atoms with Crippen molar-refractivity contribution in [2.24, 2.45) is 0 Å². The minimum atomic E-state index is -0.0960. The molecule has 76 valence electrons. The molecule has 2 nitrogen and oxygen atoms in total. The monoisotopic (exact) mass is 200 g/mol. The van der Waals surface area contributed by atoms with Gasteiger partial charge in [-0.25, -0.2) is 0 Å². The van der Waals surface area contributed by atoms with E-state index < -0.39 is 0 Å². The molecule has 0 saturated heterocycles. The standard InChI is InChI=1S/C13H12O2/c1-8(2)9-4-3-5-11-10(9)6-7-12(14)13(11)15/h3-7,14-15H,1H2,2H3. The van der Waals surface area contributed by atoms with Gasteiger partial charge < -0.3 is 10.2 Å². The van der Waals surface area contributed by atoms with Gasteiger partial charge in [0.15, 0.2) is 11.5 Å². The van der Waals surface area contributed by atoms with Gasteiger partial charge in [0.25, 0.3) is 0 Å². The molecule has 0 atom stereocenters. The maximum atomic E-state index is 9.68. The summed E-state index contributed by atoms with van der Waals surface area (Å²) in [6.07, 6.45) is 0. The molecule has 2 aromatic rings. The van der Waals surface area contributed by atoms with Gasteiger partial charge in [-0.3, -0.25) is 0 Å². The first-order chi connectivity index (χ1) is 7.11. The van der Waals surface area contributed by atoms with Crippen molar-refractivity contribution in [3.63, 3.8) is 0 Å². The van der Waals surface area contributed by atoms with Crippen LogP contribution in [-0.2, 0) is 0 Å². The average molecular weight is 200 g/mol. The molecule has 0 amide bonds. The quantitative estimate of drug-likeness (QED) is 0.693. The number of aromatic hydroxyl groups is 2. The van der Waals surface area contributed by atoms with Gasteiger partial charge in [-0.2, -0.15) is 0 Å². The summed E-state index contributed by atoms with van der Waals surface area (Å²) >= 11 is 0. The van der Waals surface area contributed by atoms with Crippen molar-refractivity contribution < 1.29 is 10.2 Å². The van der Waals surface area contributed by atoms with Crippen LogP contribution in [0.15, 0.2) is 36.9 Å². The van der Waals surface area contributed by atoms with Crippen molar-refractivity contribution in [2.45, 2.75) is 6.92 Å². The van der Waals surface area contributed by atoms with E-state index in [1.54, 1.807) is 12.1 Å². The van der Waals surface area contributed by atoms with Gasteiger partial charge in [-0.15, -0.1) is 0 Å². The summed E-state index contributed by atoms with van der Waals surface area (Å²) in [7, 11) is 0. The molecular weight excluding hydrogens is 188 g/mol. The van der Waals surface area contributed by atoms with Crippen LogP contribution in [0.25, 0.3) is 16.3 Å². The average Bonchev–Trinajstić information content (AvgIpc) is 2.23. The molecule has 0 aliphatic heterocycles. The van der Waals surface area contributed by atoms with Gasteiger partial charge in [0.05, 0.1) is 0 Å². The molecule has 0 bridgehead atoms. The zero-order valence-corrected chi connectivity index (χ0v) is 8.49. The Morgan fingerprint density at radius 3 is 2.47 bits per heavy atom. The second-order valence-corrected chi connectivity index (χ2v) is 3.61. The lowest BCUT2D eigenvalue weighted by atomic mass is 9.99. The fourth-order valence-corrected chi connectivity index (χ4v) is 1.70. The second kappa shape index (κ2) is 3.31. The number of benzene rings is 2. The molecular formula is C13H12O2. The number of allylic oxidation sites excluding steroid dienone is 1. The largest absolute Gasteiger partial charge is 0.504 e. The molecule has 15 heavy (non-hydrogen) atoms. The first-order valence-electron chi connectivity index (χ1n) is 4.71. The molecule has 0 aliphatic rings. The number of hydrogen-bond donors (Lipinski definition) is 2. The Labute approximate surface area is 88.1 Å². The van der Waals surface area contributed by atoms with Crippen molar-refractivity contribution in [1.82, 2.24) is 0 Å². The van der Waals surface area contributed by atoms with Crippen molar-refractivity contribution >= 4 is 16.3 Å². The molecule has 0 spiro atoms. The summed E-state index contributed by atoms with van der Waals surface area (Å²) in [5.74, 6) is -0.169. The Morgan fingerprint density at radius 2 is 1.80 bits per heavy atom. The number of hydrogen-bond acceptors (Lipinski definition) is 2. The minimum Gasteiger partial charge on any atom is -0.504 e. The van der Waals surface area contributed by atoms with E-state index in [2.05, 4.69) is 6.58 Å². The van der Waals surface area contributed by atoms with Gasteiger partial charge >= 0.3 is 0 Å². The smallest absolute Gasteiger partial charge is 0.165 e. The molecule has 0 fully saturated rings. The van der Waals surface area contributed by atoms with E-state index in [-0.39, 0.29) is 11.5 Å². The fraction of sp³-hybridized carbons (Fsp3) is 0.0769. The van der Waals surface area contributed by atoms with Crippen LogP contribution in [0, 0.1) is 0 Å². The summed E-state index contributed by atoms with van der Waals surface area (Å²) in [5, 5.41) is 20.6. The maximum absolute atomic E-state index is 9.68. The van der Waals surface area contributed by atoms with E-state index in [1.165, 1.54) is 6.07 Å². The predicted molar refractivity (Wildman–Crippen MR) is 62.0 cm³/mol.